The van der Waals surface area contributed by atoms with E-state index in [1.807, 2.05) is 51.6 Å². The lowest BCUT2D eigenvalue weighted by atomic mass is 10.4. The van der Waals surface area contributed by atoms with E-state index >= 15 is 0 Å². The van der Waals surface area contributed by atoms with Gasteiger partial charge in [-0.2, -0.15) is 10.2 Å². The molecule has 0 saturated heterocycles. The maximum atomic E-state index is 4.33. The number of rotatable bonds is 3. The van der Waals surface area contributed by atoms with Crippen molar-refractivity contribution in [3.8, 4) is 0 Å². The third-order valence-electron chi connectivity index (χ3n) is 2.36. The van der Waals surface area contributed by atoms with E-state index in [1.54, 1.807) is 12.4 Å². The van der Waals surface area contributed by atoms with Crippen LogP contribution in [0.25, 0.3) is 0 Å². The minimum Gasteiger partial charge on any atom is -0.225 e. The fourth-order valence-corrected chi connectivity index (χ4v) is 3.46. The number of hydrogen-bond acceptors (Lipinski definition) is 2. The first-order valence-corrected chi connectivity index (χ1v) is 6.55. The van der Waals surface area contributed by atoms with E-state index < -0.39 is 8.22 Å². The maximum Gasteiger partial charge on any atom is 0.171 e. The van der Waals surface area contributed by atoms with E-state index in [0.717, 1.165) is 0 Å². The molecule has 5 heteroatoms. The van der Waals surface area contributed by atoms with Crippen LogP contribution in [0, 0.1) is 0 Å². The summed E-state index contributed by atoms with van der Waals surface area (Å²) < 4.78 is 3.91. The Hall–Kier alpha value is -1.93. The molecule has 0 bridgehead atoms. The summed E-state index contributed by atoms with van der Waals surface area (Å²) >= 11 is 0. The van der Waals surface area contributed by atoms with Crippen LogP contribution >= 0.6 is 8.22 Å². The van der Waals surface area contributed by atoms with Gasteiger partial charge in [0.25, 0.3) is 0 Å². The Morgan fingerprint density at radius 2 is 1.35 bits per heavy atom. The van der Waals surface area contributed by atoms with E-state index in [4.69, 9.17) is 0 Å². The topological polar surface area (TPSA) is 35.6 Å². The first-order valence-electron chi connectivity index (χ1n) is 5.30. The average molecular weight is 242 g/mol. The van der Waals surface area contributed by atoms with E-state index in [1.165, 1.54) is 5.30 Å². The van der Waals surface area contributed by atoms with Gasteiger partial charge in [-0.1, -0.05) is 30.3 Å². The summed E-state index contributed by atoms with van der Waals surface area (Å²) in [5.41, 5.74) is 0. The molecule has 4 nitrogen and oxygen atoms in total. The highest BCUT2D eigenvalue weighted by Crippen LogP contribution is 2.35. The van der Waals surface area contributed by atoms with Crippen LogP contribution < -0.4 is 5.30 Å². The highest BCUT2D eigenvalue weighted by Gasteiger charge is 2.16. The van der Waals surface area contributed by atoms with Crippen molar-refractivity contribution in [3.63, 3.8) is 0 Å². The minimum absolute atomic E-state index is 0.761. The molecule has 0 saturated carbocycles. The Bertz CT molecular complexity index is 526. The van der Waals surface area contributed by atoms with Gasteiger partial charge in [-0.15, -0.1) is 0 Å². The second-order valence-electron chi connectivity index (χ2n) is 3.48. The number of aromatic nitrogens is 4. The second-order valence-corrected chi connectivity index (χ2v) is 5.39. The third kappa shape index (κ3) is 1.99. The monoisotopic (exact) mass is 242 g/mol. The molecule has 0 aliphatic carbocycles. The lowest BCUT2D eigenvalue weighted by molar-refractivity contribution is 0.914. The molecule has 0 atom stereocenters. The van der Waals surface area contributed by atoms with Crippen LogP contribution in [0.5, 0.6) is 0 Å². The lowest BCUT2D eigenvalue weighted by Gasteiger charge is -2.17. The Balaban J connectivity index is 2.10. The zero-order valence-electron chi connectivity index (χ0n) is 9.09. The molecule has 3 aromatic rings. The molecule has 2 heterocycles. The SMILES string of the molecule is c1ccc(P(n2cccn2)n2cccn2)cc1. The summed E-state index contributed by atoms with van der Waals surface area (Å²) in [6.07, 6.45) is 7.53. The molecule has 0 radical (unpaired) electrons. The molecule has 0 aliphatic rings. The first-order chi connectivity index (χ1) is 8.45. The highest BCUT2D eigenvalue weighted by molar-refractivity contribution is 7.62. The van der Waals surface area contributed by atoms with Crippen LogP contribution in [0.2, 0.25) is 0 Å². The molecule has 84 valence electrons. The van der Waals surface area contributed by atoms with Crippen molar-refractivity contribution in [1.82, 2.24) is 19.1 Å². The van der Waals surface area contributed by atoms with Crippen LogP contribution in [-0.4, -0.2) is 19.1 Å². The summed E-state index contributed by atoms with van der Waals surface area (Å²) in [5.74, 6) is 0. The van der Waals surface area contributed by atoms with E-state index in [-0.39, 0.29) is 0 Å². The molecular formula is C12H11N4P. The van der Waals surface area contributed by atoms with Crippen molar-refractivity contribution in [2.24, 2.45) is 0 Å². The smallest absolute Gasteiger partial charge is 0.171 e. The molecule has 0 amide bonds. The summed E-state index contributed by atoms with van der Waals surface area (Å²) in [5, 5.41) is 9.88. The first kappa shape index (κ1) is 10.2. The molecule has 17 heavy (non-hydrogen) atoms. The largest absolute Gasteiger partial charge is 0.225 e. The number of nitrogens with zero attached hydrogens (tertiary/aromatic N) is 4. The minimum atomic E-state index is -0.761. The maximum absolute atomic E-state index is 4.33. The Morgan fingerprint density at radius 1 is 0.765 bits per heavy atom. The van der Waals surface area contributed by atoms with E-state index in [9.17, 15) is 0 Å². The molecule has 0 spiro atoms. The third-order valence-corrected chi connectivity index (χ3v) is 4.37. The van der Waals surface area contributed by atoms with Crippen molar-refractivity contribution in [3.05, 3.63) is 67.3 Å². The molecule has 0 unspecified atom stereocenters. The molecule has 0 N–H and O–H groups in total. The lowest BCUT2D eigenvalue weighted by Crippen LogP contribution is -2.13. The van der Waals surface area contributed by atoms with Crippen molar-refractivity contribution in [1.29, 1.82) is 0 Å². The zero-order chi connectivity index (χ0) is 11.5. The number of hydrogen-bond donors (Lipinski definition) is 0. The van der Waals surface area contributed by atoms with Crippen LogP contribution in [0.4, 0.5) is 0 Å². The molecule has 0 aliphatic heterocycles. The molecule has 0 fully saturated rings. The van der Waals surface area contributed by atoms with Gasteiger partial charge >= 0.3 is 0 Å². The van der Waals surface area contributed by atoms with Gasteiger partial charge < -0.3 is 0 Å². The Kier molecular flexibility index (Phi) is 2.72. The van der Waals surface area contributed by atoms with Crippen molar-refractivity contribution in [2.45, 2.75) is 0 Å². The van der Waals surface area contributed by atoms with Crippen molar-refractivity contribution >= 4 is 13.5 Å². The fourth-order valence-electron chi connectivity index (χ4n) is 1.64. The summed E-state index contributed by atoms with van der Waals surface area (Å²) in [4.78, 5) is 0. The molecular weight excluding hydrogens is 231 g/mol. The van der Waals surface area contributed by atoms with E-state index in [0.29, 0.717) is 0 Å². The molecule has 2 aromatic heterocycles. The molecule has 3 rings (SSSR count). The van der Waals surface area contributed by atoms with Gasteiger partial charge in [-0.25, -0.2) is 8.90 Å². The van der Waals surface area contributed by atoms with Gasteiger partial charge in [0.15, 0.2) is 8.22 Å². The standard InChI is InChI=1S/C12H11N4P/c1-2-6-12(7-3-1)17(15-10-4-8-13-15)16-11-5-9-14-16/h1-11H. The van der Waals surface area contributed by atoms with Crippen LogP contribution in [0.3, 0.4) is 0 Å². The van der Waals surface area contributed by atoms with Gasteiger partial charge in [-0.3, -0.25) is 0 Å². The van der Waals surface area contributed by atoms with Crippen LogP contribution in [0.15, 0.2) is 67.3 Å². The second kappa shape index (κ2) is 4.52. The van der Waals surface area contributed by atoms with Gasteiger partial charge in [-0.05, 0) is 12.1 Å². The average Bonchev–Trinajstić information content (AvgIpc) is 3.04. The fraction of sp³-hybridized carbons (Fsp3) is 0. The summed E-state index contributed by atoms with van der Waals surface area (Å²) in [6, 6.07) is 14.2. The number of benzene rings is 1. The summed E-state index contributed by atoms with van der Waals surface area (Å²) in [6.45, 7) is 0. The highest BCUT2D eigenvalue weighted by atomic mass is 31.1. The van der Waals surface area contributed by atoms with Crippen LogP contribution in [-0.2, 0) is 0 Å². The Morgan fingerprint density at radius 3 is 1.82 bits per heavy atom. The van der Waals surface area contributed by atoms with Crippen LogP contribution in [0.1, 0.15) is 0 Å². The van der Waals surface area contributed by atoms with Gasteiger partial charge in [0, 0.05) is 30.1 Å². The normalized spacial score (nSPS) is 10.9. The predicted molar refractivity (Wildman–Crippen MR) is 68.2 cm³/mol. The molecule has 1 aromatic carbocycles. The van der Waals surface area contributed by atoms with Gasteiger partial charge in [0.2, 0.25) is 0 Å². The predicted octanol–water partition coefficient (Wildman–Crippen LogP) is 2.11. The van der Waals surface area contributed by atoms with Gasteiger partial charge in [0.05, 0.1) is 0 Å². The van der Waals surface area contributed by atoms with Crippen molar-refractivity contribution in [2.75, 3.05) is 0 Å². The van der Waals surface area contributed by atoms with Crippen molar-refractivity contribution < 1.29 is 0 Å². The quantitative estimate of drug-likeness (QED) is 0.659. The Labute approximate surface area is 100 Å². The summed E-state index contributed by atoms with van der Waals surface area (Å²) in [7, 11) is -0.761. The zero-order valence-corrected chi connectivity index (χ0v) is 9.98. The van der Waals surface area contributed by atoms with Gasteiger partial charge in [0.1, 0.15) is 0 Å². The van der Waals surface area contributed by atoms with E-state index in [2.05, 4.69) is 22.3 Å².